The van der Waals surface area contributed by atoms with Crippen LogP contribution in [0.5, 0.6) is 11.5 Å². The molecule has 2 aromatic rings. The fourth-order valence-electron chi connectivity index (χ4n) is 4.40. The molecule has 0 aliphatic carbocycles. The van der Waals surface area contributed by atoms with E-state index in [1.807, 2.05) is 83.1 Å². The predicted molar refractivity (Wildman–Crippen MR) is 187 cm³/mol. The van der Waals surface area contributed by atoms with Crippen LogP contribution in [-0.4, -0.2) is 68.0 Å². The number of hydrogen-bond acceptors (Lipinski definition) is 8. The van der Waals surface area contributed by atoms with E-state index < -0.39 is 45.6 Å². The molecule has 0 bridgehead atoms. The van der Waals surface area contributed by atoms with E-state index in [2.05, 4.69) is 32.1 Å². The Balaban J connectivity index is 0.000000203. The fraction of sp³-hybridized carbons (Fsp3) is 0.625. The molecular weight excluding hydrogens is 748 g/mol. The van der Waals surface area contributed by atoms with E-state index in [-0.39, 0.29) is 33.9 Å². The van der Waals surface area contributed by atoms with Crippen molar-refractivity contribution in [1.82, 2.24) is 0 Å². The van der Waals surface area contributed by atoms with Crippen LogP contribution in [0.1, 0.15) is 83.1 Å². The Kier molecular flexibility index (Phi) is 12.7. The van der Waals surface area contributed by atoms with E-state index in [1.54, 1.807) is 24.3 Å². The summed E-state index contributed by atoms with van der Waals surface area (Å²) in [4.78, 5) is 0. The maximum Gasteiger partial charge on any atom is 0.494 e. The first-order valence-electron chi connectivity index (χ1n) is 15.6. The Morgan fingerprint density at radius 2 is 0.750 bits per heavy atom. The molecule has 3 fully saturated rings. The highest BCUT2D eigenvalue weighted by molar-refractivity contribution is 14.1. The molecule has 3 heterocycles. The zero-order valence-corrected chi connectivity index (χ0v) is 31.8. The van der Waals surface area contributed by atoms with Gasteiger partial charge in [-0.15, -0.1) is 0 Å². The molecule has 0 N–H and O–H groups in total. The Labute approximate surface area is 296 Å². The van der Waals surface area contributed by atoms with Gasteiger partial charge in [-0.1, -0.05) is 12.1 Å². The molecule has 3 aliphatic heterocycles. The third kappa shape index (κ3) is 10.0. The van der Waals surface area contributed by atoms with Crippen molar-refractivity contribution in [2.45, 2.75) is 130 Å². The maximum atomic E-state index is 12.1. The molecule has 0 saturated carbocycles. The minimum atomic E-state index is -2.82. The van der Waals surface area contributed by atoms with Crippen molar-refractivity contribution >= 4 is 49.2 Å². The molecule has 0 radical (unpaired) electrons. The van der Waals surface area contributed by atoms with Crippen LogP contribution >= 0.6 is 22.6 Å². The molecule has 0 unspecified atom stereocenters. The first kappa shape index (κ1) is 40.9. The van der Waals surface area contributed by atoms with E-state index in [0.717, 1.165) is 9.03 Å². The Hall–Kier alpha value is -1.56. The summed E-state index contributed by atoms with van der Waals surface area (Å²) in [6.07, 6.45) is 0. The van der Waals surface area contributed by atoms with E-state index >= 15 is 0 Å². The smallest absolute Gasteiger partial charge is 0.435 e. The van der Waals surface area contributed by atoms with Gasteiger partial charge in [-0.3, -0.25) is 0 Å². The van der Waals surface area contributed by atoms with Gasteiger partial charge in [0.15, 0.2) is 0 Å². The van der Waals surface area contributed by atoms with Crippen LogP contribution in [0.15, 0.2) is 48.5 Å². The molecule has 2 aromatic carbocycles. The van der Waals surface area contributed by atoms with Gasteiger partial charge >= 0.3 is 34.4 Å². The Bertz CT molecular complexity index is 1260. The lowest BCUT2D eigenvalue weighted by Gasteiger charge is -2.32. The van der Waals surface area contributed by atoms with Crippen LogP contribution in [0.25, 0.3) is 0 Å². The molecule has 0 atom stereocenters. The van der Waals surface area contributed by atoms with Crippen molar-refractivity contribution in [1.29, 1.82) is 0 Å². The zero-order chi connectivity index (χ0) is 36.5. The van der Waals surface area contributed by atoms with Crippen molar-refractivity contribution in [3.8, 4) is 11.5 Å². The standard InChI is InChI=1S/C13H17BF2O3.C12H24B2O4.C7H5F2IO/c1-12(2)13(3,4)19-14(18-12)9-5-7-10(8-6-9)17-11(15)16;1-9(2)10(3,4)16-13(15-9)14-17-11(5,6)12(7,8)18-14;8-7(9)11-6-3-1-5(10)2-4-6/h5-8,11H,1-4H3;1-8H3;1-4,7H. The van der Waals surface area contributed by atoms with Gasteiger partial charge in [-0.05, 0) is 148 Å². The third-order valence-corrected chi connectivity index (χ3v) is 10.2. The summed E-state index contributed by atoms with van der Waals surface area (Å²) in [7, 11) is -1.45. The third-order valence-electron chi connectivity index (χ3n) is 9.43. The quantitative estimate of drug-likeness (QED) is 0.167. The summed E-state index contributed by atoms with van der Waals surface area (Å²) in [6, 6.07) is 12.7. The lowest BCUT2D eigenvalue weighted by Crippen LogP contribution is -2.41. The minimum Gasteiger partial charge on any atom is -0.435 e. The summed E-state index contributed by atoms with van der Waals surface area (Å²) >= 11 is 2.09. The largest absolute Gasteiger partial charge is 0.494 e. The van der Waals surface area contributed by atoms with Gasteiger partial charge in [-0.2, -0.15) is 17.6 Å². The summed E-state index contributed by atoms with van der Waals surface area (Å²) in [5.41, 5.74) is -1.50. The van der Waals surface area contributed by atoms with Crippen LogP contribution in [-0.2, 0) is 27.9 Å². The second kappa shape index (κ2) is 15.0. The van der Waals surface area contributed by atoms with Crippen LogP contribution in [0.3, 0.4) is 0 Å². The van der Waals surface area contributed by atoms with Gasteiger partial charge in [0, 0.05) is 3.57 Å². The van der Waals surface area contributed by atoms with Gasteiger partial charge in [-0.25, -0.2) is 0 Å². The highest BCUT2D eigenvalue weighted by Gasteiger charge is 2.63. The molecule has 48 heavy (non-hydrogen) atoms. The minimum absolute atomic E-state index is 0.121. The molecule has 3 aliphatic rings. The first-order chi connectivity index (χ1) is 21.8. The summed E-state index contributed by atoms with van der Waals surface area (Å²) in [5, 5.41) is 0. The molecule has 0 aromatic heterocycles. The van der Waals surface area contributed by atoms with Gasteiger partial charge in [0.1, 0.15) is 11.5 Å². The molecule has 3 saturated heterocycles. The predicted octanol–water partition coefficient (Wildman–Crippen LogP) is 7.73. The molecule has 16 heteroatoms. The topological polar surface area (TPSA) is 73.8 Å². The highest BCUT2D eigenvalue weighted by atomic mass is 127. The van der Waals surface area contributed by atoms with Gasteiger partial charge in [0.2, 0.25) is 0 Å². The lowest BCUT2D eigenvalue weighted by atomic mass is 9.49. The van der Waals surface area contributed by atoms with E-state index in [9.17, 15) is 17.6 Å². The fourth-order valence-corrected chi connectivity index (χ4v) is 4.76. The van der Waals surface area contributed by atoms with E-state index in [0.29, 0.717) is 0 Å². The Morgan fingerprint density at radius 3 is 1.04 bits per heavy atom. The van der Waals surface area contributed by atoms with Crippen molar-refractivity contribution in [2.75, 3.05) is 0 Å². The van der Waals surface area contributed by atoms with E-state index in [4.69, 9.17) is 27.9 Å². The molecule has 8 nitrogen and oxygen atoms in total. The van der Waals surface area contributed by atoms with Gasteiger partial charge in [0.25, 0.3) is 0 Å². The van der Waals surface area contributed by atoms with E-state index in [1.165, 1.54) is 24.3 Å². The number of hydrogen-bond donors (Lipinski definition) is 0. The number of halogens is 5. The van der Waals surface area contributed by atoms with Crippen molar-refractivity contribution in [2.24, 2.45) is 0 Å². The maximum absolute atomic E-state index is 12.1. The highest BCUT2D eigenvalue weighted by Crippen LogP contribution is 2.43. The number of benzene rings is 2. The monoisotopic (exact) mass is 794 g/mol. The van der Waals surface area contributed by atoms with Crippen LogP contribution < -0.4 is 14.9 Å². The zero-order valence-electron chi connectivity index (χ0n) is 29.7. The van der Waals surface area contributed by atoms with Gasteiger partial charge in [0.05, 0.1) is 33.6 Å². The first-order valence-corrected chi connectivity index (χ1v) is 16.7. The number of ether oxygens (including phenoxy) is 2. The second-order valence-electron chi connectivity index (χ2n) is 14.6. The second-order valence-corrected chi connectivity index (χ2v) is 15.9. The van der Waals surface area contributed by atoms with Crippen molar-refractivity contribution in [3.05, 3.63) is 52.1 Å². The van der Waals surface area contributed by atoms with Crippen molar-refractivity contribution < 1.29 is 55.0 Å². The van der Waals surface area contributed by atoms with Gasteiger partial charge < -0.3 is 37.4 Å². The molecule has 0 spiro atoms. The van der Waals surface area contributed by atoms with Crippen molar-refractivity contribution in [3.63, 3.8) is 0 Å². The van der Waals surface area contributed by atoms with Crippen LogP contribution in [0.4, 0.5) is 17.6 Å². The number of rotatable bonds is 6. The molecular formula is C32H46B3F4IO8. The average molecular weight is 794 g/mol. The lowest BCUT2D eigenvalue weighted by molar-refractivity contribution is -0.0505. The molecule has 266 valence electrons. The SMILES string of the molecule is CC1(C)OB(B2OC(C)(C)C(C)(C)O2)OC1(C)C.CC1(C)OB(c2ccc(OC(F)F)cc2)OC1(C)C.FC(F)Oc1ccc(I)cc1. The van der Waals surface area contributed by atoms with Crippen LogP contribution in [0.2, 0.25) is 0 Å². The molecule has 0 amide bonds. The van der Waals surface area contributed by atoms with Crippen LogP contribution in [0, 0.1) is 3.57 Å². The number of alkyl halides is 4. The Morgan fingerprint density at radius 1 is 0.479 bits per heavy atom. The molecule has 5 rings (SSSR count). The average Bonchev–Trinajstić information content (AvgIpc) is 3.39. The summed E-state index contributed by atoms with van der Waals surface area (Å²) < 4.78 is 92.3. The summed E-state index contributed by atoms with van der Waals surface area (Å²) in [6.45, 7) is 18.5. The summed E-state index contributed by atoms with van der Waals surface area (Å²) in [5.74, 6) is 0.315. The normalized spacial score (nSPS) is 22.6.